The van der Waals surface area contributed by atoms with E-state index in [0.29, 0.717) is 17.6 Å². The normalized spacial score (nSPS) is 11.0. The Bertz CT molecular complexity index is 1370. The van der Waals surface area contributed by atoms with Crippen molar-refractivity contribution in [3.63, 3.8) is 0 Å². The molecule has 0 radical (unpaired) electrons. The Morgan fingerprint density at radius 2 is 1.59 bits per heavy atom. The number of hydrogen-bond acceptors (Lipinski definition) is 7. The van der Waals surface area contributed by atoms with Crippen LogP contribution in [0, 0.1) is 6.92 Å². The zero-order chi connectivity index (χ0) is 27.5. The number of alkyl halides is 3. The number of thiophene rings is 1. The maximum Gasteiger partial charge on any atom is 0.416 e. The van der Waals surface area contributed by atoms with Gasteiger partial charge in [-0.3, -0.25) is 9.59 Å². The van der Waals surface area contributed by atoms with Crippen LogP contribution < -0.4 is 20.1 Å². The Hall–Kier alpha value is -3.77. The molecule has 3 rings (SSSR count). The number of anilines is 2. The minimum atomic E-state index is -4.65. The standard InChI is InChI=1S/C24H20ClF3N2O6S/c1-11-18(23(33)36-4)22(30-20(31)12-5-8-16(34-2)17(9-12)35-3)37-19(11)21(32)29-15-10-13(24(26,27)28)6-7-14(15)25/h5-10H,1-4H3,(H,29,32)(H,30,31). The van der Waals surface area contributed by atoms with Gasteiger partial charge >= 0.3 is 12.1 Å². The third kappa shape index (κ3) is 5.97. The summed E-state index contributed by atoms with van der Waals surface area (Å²) in [6.45, 7) is 1.44. The fraction of sp³-hybridized carbons (Fsp3) is 0.208. The van der Waals surface area contributed by atoms with Crippen molar-refractivity contribution in [2.45, 2.75) is 13.1 Å². The Morgan fingerprint density at radius 3 is 2.19 bits per heavy atom. The summed E-state index contributed by atoms with van der Waals surface area (Å²) in [5, 5.41) is 4.80. The summed E-state index contributed by atoms with van der Waals surface area (Å²) in [6, 6.07) is 6.91. The quantitative estimate of drug-likeness (QED) is 0.344. The lowest BCUT2D eigenvalue weighted by atomic mass is 10.1. The van der Waals surface area contributed by atoms with Gasteiger partial charge in [-0.2, -0.15) is 13.2 Å². The first kappa shape index (κ1) is 27.8. The molecule has 0 fully saturated rings. The molecule has 0 unspecified atom stereocenters. The molecule has 3 aromatic rings. The molecule has 2 aromatic carbocycles. The summed E-state index contributed by atoms with van der Waals surface area (Å²) in [7, 11) is 3.97. The average molecular weight is 557 g/mol. The maximum atomic E-state index is 13.1. The molecule has 0 aliphatic carbocycles. The second kappa shape index (κ2) is 11.1. The third-order valence-corrected chi connectivity index (χ3v) is 6.69. The van der Waals surface area contributed by atoms with Crippen LogP contribution in [-0.4, -0.2) is 39.1 Å². The number of rotatable bonds is 7. The Balaban J connectivity index is 1.96. The van der Waals surface area contributed by atoms with Crippen molar-refractivity contribution in [3.05, 3.63) is 68.6 Å². The van der Waals surface area contributed by atoms with E-state index >= 15 is 0 Å². The second-order valence-electron chi connectivity index (χ2n) is 7.42. The van der Waals surface area contributed by atoms with Crippen LogP contribution in [-0.2, 0) is 10.9 Å². The van der Waals surface area contributed by atoms with Gasteiger partial charge in [0.05, 0.1) is 48.0 Å². The van der Waals surface area contributed by atoms with E-state index in [2.05, 4.69) is 10.6 Å². The van der Waals surface area contributed by atoms with E-state index < -0.39 is 29.5 Å². The molecule has 0 aliphatic heterocycles. The van der Waals surface area contributed by atoms with Crippen LogP contribution >= 0.6 is 22.9 Å². The van der Waals surface area contributed by atoms with Crippen LogP contribution in [0.15, 0.2) is 36.4 Å². The van der Waals surface area contributed by atoms with Crippen LogP contribution in [0.3, 0.4) is 0 Å². The Labute approximate surface area is 218 Å². The van der Waals surface area contributed by atoms with E-state index in [-0.39, 0.29) is 37.3 Å². The lowest BCUT2D eigenvalue weighted by molar-refractivity contribution is -0.137. The zero-order valence-electron chi connectivity index (χ0n) is 19.8. The number of carbonyl (C=O) groups excluding carboxylic acids is 3. The third-order valence-electron chi connectivity index (χ3n) is 5.16. The van der Waals surface area contributed by atoms with Crippen LogP contribution in [0.25, 0.3) is 0 Å². The van der Waals surface area contributed by atoms with Crippen molar-refractivity contribution in [1.29, 1.82) is 0 Å². The van der Waals surface area contributed by atoms with Gasteiger partial charge in [0.2, 0.25) is 0 Å². The molecular formula is C24H20ClF3N2O6S. The molecule has 0 spiro atoms. The molecular weight excluding hydrogens is 537 g/mol. The zero-order valence-corrected chi connectivity index (χ0v) is 21.4. The highest BCUT2D eigenvalue weighted by molar-refractivity contribution is 7.19. The number of halogens is 4. The highest BCUT2D eigenvalue weighted by atomic mass is 35.5. The molecule has 196 valence electrons. The lowest BCUT2D eigenvalue weighted by Crippen LogP contribution is -2.15. The SMILES string of the molecule is COC(=O)c1c(NC(=O)c2ccc(OC)c(OC)c2)sc(C(=O)Nc2cc(C(F)(F)F)ccc2Cl)c1C. The van der Waals surface area contributed by atoms with Crippen LogP contribution in [0.1, 0.15) is 41.5 Å². The number of hydrogen-bond donors (Lipinski definition) is 2. The monoisotopic (exact) mass is 556 g/mol. The van der Waals surface area contributed by atoms with Gasteiger partial charge in [0.15, 0.2) is 11.5 Å². The van der Waals surface area contributed by atoms with Gasteiger partial charge in [0.1, 0.15) is 5.00 Å². The van der Waals surface area contributed by atoms with E-state index in [1.807, 2.05) is 0 Å². The highest BCUT2D eigenvalue weighted by Gasteiger charge is 2.32. The molecule has 2 amide bonds. The van der Waals surface area contributed by atoms with Crippen LogP contribution in [0.2, 0.25) is 5.02 Å². The largest absolute Gasteiger partial charge is 0.493 e. The van der Waals surface area contributed by atoms with Crippen molar-refractivity contribution in [2.75, 3.05) is 32.0 Å². The number of methoxy groups -OCH3 is 3. The summed E-state index contributed by atoms with van der Waals surface area (Å²) in [4.78, 5) is 38.4. The summed E-state index contributed by atoms with van der Waals surface area (Å²) in [6.07, 6.45) is -4.65. The minimum absolute atomic E-state index is 0.00410. The van der Waals surface area contributed by atoms with Gasteiger partial charge in [-0.25, -0.2) is 4.79 Å². The fourth-order valence-corrected chi connectivity index (χ4v) is 4.55. The van der Waals surface area contributed by atoms with E-state index in [4.69, 9.17) is 25.8 Å². The average Bonchev–Trinajstić information content (AvgIpc) is 3.19. The fourth-order valence-electron chi connectivity index (χ4n) is 3.30. The molecule has 0 saturated heterocycles. The van der Waals surface area contributed by atoms with E-state index in [1.54, 1.807) is 0 Å². The summed E-state index contributed by atoms with van der Waals surface area (Å²) < 4.78 is 54.4. The number of carbonyl (C=O) groups is 3. The van der Waals surface area contributed by atoms with Gasteiger partial charge in [-0.1, -0.05) is 11.6 Å². The molecule has 1 aromatic heterocycles. The van der Waals surface area contributed by atoms with Crippen LogP contribution in [0.4, 0.5) is 23.9 Å². The van der Waals surface area contributed by atoms with Crippen molar-refractivity contribution in [1.82, 2.24) is 0 Å². The topological polar surface area (TPSA) is 103 Å². The summed E-state index contributed by atoms with van der Waals surface area (Å²) >= 11 is 6.73. The Kier molecular flexibility index (Phi) is 8.34. The van der Waals surface area contributed by atoms with Gasteiger partial charge in [-0.15, -0.1) is 11.3 Å². The second-order valence-corrected chi connectivity index (χ2v) is 8.85. The first-order valence-corrected chi connectivity index (χ1v) is 11.5. The summed E-state index contributed by atoms with van der Waals surface area (Å²) in [5.41, 5.74) is -1.04. The van der Waals surface area contributed by atoms with Crippen LogP contribution in [0.5, 0.6) is 11.5 Å². The number of esters is 1. The lowest BCUT2D eigenvalue weighted by Gasteiger charge is -2.11. The van der Waals surface area contributed by atoms with Crippen molar-refractivity contribution >= 4 is 51.4 Å². The maximum absolute atomic E-state index is 13.1. The molecule has 0 saturated carbocycles. The van der Waals surface area contributed by atoms with E-state index in [9.17, 15) is 27.6 Å². The van der Waals surface area contributed by atoms with Crippen molar-refractivity contribution in [2.24, 2.45) is 0 Å². The van der Waals surface area contributed by atoms with E-state index in [0.717, 1.165) is 30.6 Å². The van der Waals surface area contributed by atoms with E-state index in [1.165, 1.54) is 39.3 Å². The van der Waals surface area contributed by atoms with Gasteiger partial charge in [0.25, 0.3) is 11.8 Å². The van der Waals surface area contributed by atoms with Gasteiger partial charge in [0, 0.05) is 5.56 Å². The predicted molar refractivity (Wildman–Crippen MR) is 132 cm³/mol. The van der Waals surface area contributed by atoms with Crippen molar-refractivity contribution in [3.8, 4) is 11.5 Å². The molecule has 13 heteroatoms. The smallest absolute Gasteiger partial charge is 0.416 e. The first-order chi connectivity index (χ1) is 17.4. The number of amides is 2. The number of nitrogens with one attached hydrogen (secondary N) is 2. The van der Waals surface area contributed by atoms with Gasteiger partial charge < -0.3 is 24.8 Å². The minimum Gasteiger partial charge on any atom is -0.493 e. The molecule has 1 heterocycles. The molecule has 0 atom stereocenters. The summed E-state index contributed by atoms with van der Waals surface area (Å²) in [5.74, 6) is -1.59. The molecule has 0 bridgehead atoms. The van der Waals surface area contributed by atoms with Crippen molar-refractivity contribution < 1.29 is 41.8 Å². The molecule has 2 N–H and O–H groups in total. The molecule has 0 aliphatic rings. The first-order valence-electron chi connectivity index (χ1n) is 10.3. The van der Waals surface area contributed by atoms with Gasteiger partial charge in [-0.05, 0) is 48.9 Å². The predicted octanol–water partition coefficient (Wildman–Crippen LogP) is 6.04. The number of benzene rings is 2. The Morgan fingerprint density at radius 1 is 0.919 bits per heavy atom. The number of ether oxygens (including phenoxy) is 3. The molecule has 37 heavy (non-hydrogen) atoms. The molecule has 8 nitrogen and oxygen atoms in total. The highest BCUT2D eigenvalue weighted by Crippen LogP contribution is 2.37.